The molecule has 0 saturated heterocycles. The third-order valence-corrected chi connectivity index (χ3v) is 4.85. The molecule has 0 bridgehead atoms. The largest absolute Gasteiger partial charge is 0.393 e. The Balaban J connectivity index is 1.88. The lowest BCUT2D eigenvalue weighted by atomic mass is 10.2. The fraction of sp³-hybridized carbons (Fsp3) is 0.278. The van der Waals surface area contributed by atoms with Crippen molar-refractivity contribution in [1.29, 1.82) is 10.5 Å². The zero-order chi connectivity index (χ0) is 19.2. The van der Waals surface area contributed by atoms with Crippen LogP contribution in [-0.2, 0) is 0 Å². The van der Waals surface area contributed by atoms with Crippen LogP contribution in [0.2, 0.25) is 0 Å². The molecule has 136 valence electrons. The van der Waals surface area contributed by atoms with Crippen molar-refractivity contribution in [3.63, 3.8) is 0 Å². The molecule has 0 aliphatic carbocycles. The highest BCUT2D eigenvalue weighted by Crippen LogP contribution is 2.32. The van der Waals surface area contributed by atoms with Crippen molar-refractivity contribution in [3.05, 3.63) is 30.1 Å². The summed E-state index contributed by atoms with van der Waals surface area (Å²) in [5.41, 5.74) is 8.72. The summed E-state index contributed by atoms with van der Waals surface area (Å²) in [7, 11) is 0. The number of anilines is 4. The maximum absolute atomic E-state index is 8.87. The van der Waals surface area contributed by atoms with E-state index in [1.54, 1.807) is 0 Å². The van der Waals surface area contributed by atoms with Crippen LogP contribution in [0.3, 0.4) is 0 Å². The molecule has 0 aliphatic rings. The fourth-order valence-electron chi connectivity index (χ4n) is 2.62. The Morgan fingerprint density at radius 2 is 1.93 bits per heavy atom. The van der Waals surface area contributed by atoms with Gasteiger partial charge in [-0.2, -0.15) is 10.5 Å². The van der Waals surface area contributed by atoms with E-state index in [4.69, 9.17) is 16.3 Å². The summed E-state index contributed by atoms with van der Waals surface area (Å²) in [6.07, 6.45) is 2.04. The Bertz CT molecular complexity index is 1010. The van der Waals surface area contributed by atoms with Crippen molar-refractivity contribution in [1.82, 2.24) is 15.0 Å². The molecule has 0 unspecified atom stereocenters. The fourth-order valence-corrected chi connectivity index (χ4v) is 3.58. The highest BCUT2D eigenvalue weighted by molar-refractivity contribution is 7.22. The molecule has 0 saturated carbocycles. The first-order valence-corrected chi connectivity index (χ1v) is 9.17. The molecule has 0 fully saturated rings. The summed E-state index contributed by atoms with van der Waals surface area (Å²) in [5.74, 6) is 0.963. The number of nitrogens with two attached hydrogens (primary N) is 1. The normalized spacial score (nSPS) is 10.3. The number of nitrogens with zero attached hydrogens (tertiary/aromatic N) is 6. The smallest absolute Gasteiger partial charge is 0.189 e. The van der Waals surface area contributed by atoms with Crippen molar-refractivity contribution >= 4 is 44.0 Å². The van der Waals surface area contributed by atoms with Gasteiger partial charge in [0.2, 0.25) is 0 Å². The Labute approximate surface area is 160 Å². The van der Waals surface area contributed by atoms with E-state index in [-0.39, 0.29) is 0 Å². The molecule has 0 spiro atoms. The van der Waals surface area contributed by atoms with E-state index >= 15 is 0 Å². The molecule has 9 heteroatoms. The second-order valence-corrected chi connectivity index (χ2v) is 6.91. The Morgan fingerprint density at radius 1 is 1.19 bits per heavy atom. The number of hydrogen-bond acceptors (Lipinski definition) is 9. The molecule has 0 radical (unpaired) electrons. The maximum atomic E-state index is 8.87. The molecule has 3 N–H and O–H groups in total. The van der Waals surface area contributed by atoms with Crippen LogP contribution in [0.15, 0.2) is 24.5 Å². The van der Waals surface area contributed by atoms with Gasteiger partial charge in [-0.15, -0.1) is 0 Å². The van der Waals surface area contributed by atoms with Crippen LogP contribution in [-0.4, -0.2) is 28.0 Å². The number of rotatable bonds is 7. The van der Waals surface area contributed by atoms with Gasteiger partial charge >= 0.3 is 0 Å². The highest BCUT2D eigenvalue weighted by Gasteiger charge is 2.16. The van der Waals surface area contributed by atoms with Gasteiger partial charge in [0, 0.05) is 13.1 Å². The summed E-state index contributed by atoms with van der Waals surface area (Å²) in [6, 6.07) is 10.3. The van der Waals surface area contributed by atoms with E-state index in [9.17, 15) is 0 Å². The average molecular weight is 378 g/mol. The second kappa shape index (κ2) is 8.30. The van der Waals surface area contributed by atoms with E-state index in [2.05, 4.69) is 38.5 Å². The van der Waals surface area contributed by atoms with E-state index in [1.807, 2.05) is 24.0 Å². The first-order valence-electron chi connectivity index (χ1n) is 8.36. The van der Waals surface area contributed by atoms with Crippen LogP contribution in [0.5, 0.6) is 0 Å². The number of hydrogen-bond donors (Lipinski definition) is 2. The molecular formula is C18H18N8S. The SMILES string of the molecule is Cc1ccc2nc(Nc3ncnc(N(CCC#N)CCC#N)c3N)sc2c1. The van der Waals surface area contributed by atoms with E-state index in [1.165, 1.54) is 23.2 Å². The van der Waals surface area contributed by atoms with E-state index < -0.39 is 0 Å². The number of nitrogens with one attached hydrogen (secondary N) is 1. The van der Waals surface area contributed by atoms with Crippen molar-refractivity contribution in [2.75, 3.05) is 29.0 Å². The zero-order valence-corrected chi connectivity index (χ0v) is 15.6. The summed E-state index contributed by atoms with van der Waals surface area (Å²) in [5, 5.41) is 21.6. The monoisotopic (exact) mass is 378 g/mol. The van der Waals surface area contributed by atoms with Gasteiger partial charge in [-0.1, -0.05) is 17.4 Å². The first kappa shape index (κ1) is 18.4. The van der Waals surface area contributed by atoms with Crippen LogP contribution in [0.4, 0.5) is 22.5 Å². The van der Waals surface area contributed by atoms with Crippen LogP contribution in [0.1, 0.15) is 18.4 Å². The molecule has 0 atom stereocenters. The van der Waals surface area contributed by atoms with Crippen LogP contribution in [0, 0.1) is 29.6 Å². The number of aromatic nitrogens is 3. The lowest BCUT2D eigenvalue weighted by Crippen LogP contribution is -2.27. The molecule has 0 amide bonds. The van der Waals surface area contributed by atoms with Gasteiger partial charge in [0.15, 0.2) is 16.8 Å². The predicted molar refractivity (Wildman–Crippen MR) is 107 cm³/mol. The molecular weight excluding hydrogens is 360 g/mol. The lowest BCUT2D eigenvalue weighted by molar-refractivity contribution is 0.782. The van der Waals surface area contributed by atoms with E-state index in [0.717, 1.165) is 10.2 Å². The molecule has 2 aromatic heterocycles. The molecule has 3 aromatic rings. The number of nitrogen functional groups attached to an aromatic ring is 1. The van der Waals surface area contributed by atoms with Gasteiger partial charge in [-0.3, -0.25) is 0 Å². The maximum Gasteiger partial charge on any atom is 0.189 e. The van der Waals surface area contributed by atoms with Gasteiger partial charge in [-0.25, -0.2) is 15.0 Å². The van der Waals surface area contributed by atoms with Crippen LogP contribution in [0.25, 0.3) is 10.2 Å². The van der Waals surface area contributed by atoms with Gasteiger partial charge in [-0.05, 0) is 24.6 Å². The highest BCUT2D eigenvalue weighted by atomic mass is 32.1. The summed E-state index contributed by atoms with van der Waals surface area (Å²) in [4.78, 5) is 14.9. The molecule has 2 heterocycles. The number of benzene rings is 1. The van der Waals surface area contributed by atoms with Crippen molar-refractivity contribution in [3.8, 4) is 12.1 Å². The minimum atomic E-state index is 0.314. The van der Waals surface area contributed by atoms with Gasteiger partial charge in [0.05, 0.1) is 35.2 Å². The van der Waals surface area contributed by atoms with Crippen LogP contribution >= 0.6 is 11.3 Å². The average Bonchev–Trinajstić information content (AvgIpc) is 3.05. The minimum absolute atomic E-state index is 0.314. The topological polar surface area (TPSA) is 128 Å². The van der Waals surface area contributed by atoms with Crippen molar-refractivity contribution < 1.29 is 0 Å². The summed E-state index contributed by atoms with van der Waals surface area (Å²) in [6.45, 7) is 2.93. The van der Waals surface area contributed by atoms with Gasteiger partial charge in [0.25, 0.3) is 0 Å². The molecule has 0 aliphatic heterocycles. The standard InChI is InChI=1S/C18H18N8S/c1-12-4-5-13-14(10-12)27-18(24-13)25-16-15(21)17(23-11-22-16)26(8-2-6-19)9-3-7-20/h4-5,10-11H,2-3,8-9,21H2,1H3,(H,22,23,24,25). The molecule has 3 rings (SSSR count). The summed E-state index contributed by atoms with van der Waals surface area (Å²) < 4.78 is 1.08. The molecule has 8 nitrogen and oxygen atoms in total. The number of aryl methyl sites for hydroxylation is 1. The number of thiazole rings is 1. The molecule has 27 heavy (non-hydrogen) atoms. The predicted octanol–water partition coefficient (Wildman–Crippen LogP) is 3.35. The summed E-state index contributed by atoms with van der Waals surface area (Å²) >= 11 is 1.52. The Morgan fingerprint density at radius 3 is 2.63 bits per heavy atom. The van der Waals surface area contributed by atoms with Crippen molar-refractivity contribution in [2.45, 2.75) is 19.8 Å². The number of nitriles is 2. The van der Waals surface area contributed by atoms with E-state index in [0.29, 0.717) is 48.4 Å². The van der Waals surface area contributed by atoms with Crippen LogP contribution < -0.4 is 16.0 Å². The first-order chi connectivity index (χ1) is 13.1. The zero-order valence-electron chi connectivity index (χ0n) is 14.8. The third kappa shape index (κ3) is 4.22. The van der Waals surface area contributed by atoms with Gasteiger partial charge < -0.3 is 16.0 Å². The lowest BCUT2D eigenvalue weighted by Gasteiger charge is -2.23. The Hall–Kier alpha value is -3.43. The number of fused-ring (bicyclic) bond motifs is 1. The Kier molecular flexibility index (Phi) is 5.64. The quantitative estimate of drug-likeness (QED) is 0.640. The minimum Gasteiger partial charge on any atom is -0.393 e. The molecule has 1 aromatic carbocycles. The second-order valence-electron chi connectivity index (χ2n) is 5.88. The van der Waals surface area contributed by atoms with Gasteiger partial charge in [0.1, 0.15) is 12.0 Å². The third-order valence-electron chi connectivity index (χ3n) is 3.92. The van der Waals surface area contributed by atoms with Crippen molar-refractivity contribution in [2.24, 2.45) is 0 Å².